The van der Waals surface area contributed by atoms with Crippen molar-refractivity contribution in [3.63, 3.8) is 0 Å². The van der Waals surface area contributed by atoms with Crippen LogP contribution in [-0.2, 0) is 6.54 Å². The molecule has 1 aromatic heterocycles. The van der Waals surface area contributed by atoms with E-state index < -0.39 is 0 Å². The molecule has 0 aliphatic carbocycles. The Kier molecular flexibility index (Phi) is 6.54. The maximum atomic E-state index is 12.2. The van der Waals surface area contributed by atoms with Gasteiger partial charge >= 0.3 is 0 Å². The molecule has 0 fully saturated rings. The second kappa shape index (κ2) is 8.88. The molecule has 122 valence electrons. The van der Waals surface area contributed by atoms with Crippen molar-refractivity contribution in [3.8, 4) is 0 Å². The first-order valence-electron chi connectivity index (χ1n) is 8.09. The zero-order valence-corrected chi connectivity index (χ0v) is 13.8. The summed E-state index contributed by atoms with van der Waals surface area (Å²) in [5.41, 5.74) is 2.65. The van der Waals surface area contributed by atoms with Crippen LogP contribution in [0.15, 0.2) is 36.7 Å². The first-order chi connectivity index (χ1) is 11.2. The summed E-state index contributed by atoms with van der Waals surface area (Å²) < 4.78 is 0. The van der Waals surface area contributed by atoms with Gasteiger partial charge in [0.2, 0.25) is 0 Å². The monoisotopic (exact) mass is 312 g/mol. The Morgan fingerprint density at radius 3 is 2.78 bits per heavy atom. The van der Waals surface area contributed by atoms with Gasteiger partial charge in [0.1, 0.15) is 17.8 Å². The van der Waals surface area contributed by atoms with Crippen LogP contribution in [0.2, 0.25) is 0 Å². The highest BCUT2D eigenvalue weighted by Gasteiger charge is 2.09. The van der Waals surface area contributed by atoms with Gasteiger partial charge in [-0.1, -0.05) is 44.0 Å². The third-order valence-corrected chi connectivity index (χ3v) is 3.69. The topological polar surface area (TPSA) is 66.9 Å². The van der Waals surface area contributed by atoms with Crippen LogP contribution in [0.3, 0.4) is 0 Å². The lowest BCUT2D eigenvalue weighted by molar-refractivity contribution is 0.0945. The van der Waals surface area contributed by atoms with E-state index in [9.17, 15) is 4.79 Å². The lowest BCUT2D eigenvalue weighted by atomic mass is 10.1. The maximum absolute atomic E-state index is 12.2. The van der Waals surface area contributed by atoms with Crippen molar-refractivity contribution in [2.24, 2.45) is 0 Å². The summed E-state index contributed by atoms with van der Waals surface area (Å²) in [6.45, 7) is 5.55. The van der Waals surface area contributed by atoms with E-state index in [4.69, 9.17) is 0 Å². The first-order valence-corrected chi connectivity index (χ1v) is 8.09. The third-order valence-electron chi connectivity index (χ3n) is 3.69. The van der Waals surface area contributed by atoms with Crippen molar-refractivity contribution in [1.29, 1.82) is 0 Å². The highest BCUT2D eigenvalue weighted by atomic mass is 16.1. The van der Waals surface area contributed by atoms with E-state index in [-0.39, 0.29) is 5.91 Å². The van der Waals surface area contributed by atoms with Gasteiger partial charge < -0.3 is 10.6 Å². The molecule has 0 saturated carbocycles. The lowest BCUT2D eigenvalue weighted by Crippen LogP contribution is -2.24. The molecule has 5 nitrogen and oxygen atoms in total. The van der Waals surface area contributed by atoms with Crippen LogP contribution in [0.1, 0.15) is 47.8 Å². The number of benzene rings is 1. The molecule has 1 aromatic carbocycles. The van der Waals surface area contributed by atoms with Crippen molar-refractivity contribution >= 4 is 11.7 Å². The zero-order chi connectivity index (χ0) is 16.5. The third kappa shape index (κ3) is 5.36. The molecule has 0 aliphatic rings. The van der Waals surface area contributed by atoms with E-state index >= 15 is 0 Å². The number of unbranched alkanes of at least 4 members (excludes halogenated alkanes) is 2. The fourth-order valence-electron chi connectivity index (χ4n) is 2.24. The second-order valence-corrected chi connectivity index (χ2v) is 5.53. The number of nitrogens with one attached hydrogen (secondary N) is 2. The Morgan fingerprint density at radius 2 is 2.00 bits per heavy atom. The van der Waals surface area contributed by atoms with Gasteiger partial charge in [0.05, 0.1) is 0 Å². The number of aryl methyl sites for hydroxylation is 1. The summed E-state index contributed by atoms with van der Waals surface area (Å²) in [5.74, 6) is 0.504. The summed E-state index contributed by atoms with van der Waals surface area (Å²) in [6.07, 6.45) is 4.88. The summed E-state index contributed by atoms with van der Waals surface area (Å²) in [6, 6.07) is 9.69. The van der Waals surface area contributed by atoms with Gasteiger partial charge in [-0.25, -0.2) is 9.97 Å². The number of anilines is 1. The fourth-order valence-corrected chi connectivity index (χ4v) is 2.24. The number of carbonyl (C=O) groups excluding carboxylic acids is 1. The molecule has 0 spiro atoms. The van der Waals surface area contributed by atoms with E-state index in [0.29, 0.717) is 18.1 Å². The number of hydrogen-bond acceptors (Lipinski definition) is 4. The molecule has 2 rings (SSSR count). The largest absolute Gasteiger partial charge is 0.370 e. The molecule has 0 saturated heterocycles. The van der Waals surface area contributed by atoms with Gasteiger partial charge in [0.15, 0.2) is 0 Å². The average Bonchev–Trinajstić information content (AvgIpc) is 2.58. The Bertz CT molecular complexity index is 642. The predicted octanol–water partition coefficient (Wildman–Crippen LogP) is 3.32. The molecule has 0 aliphatic heterocycles. The first kappa shape index (κ1) is 16.9. The Balaban J connectivity index is 1.90. The van der Waals surface area contributed by atoms with Gasteiger partial charge in [0.25, 0.3) is 5.91 Å². The SMILES string of the molecule is CCCCCNc1cc(C(=O)NCc2ccccc2C)ncn1. The summed E-state index contributed by atoms with van der Waals surface area (Å²) in [7, 11) is 0. The van der Waals surface area contributed by atoms with Crippen molar-refractivity contribution in [3.05, 3.63) is 53.5 Å². The number of hydrogen-bond donors (Lipinski definition) is 2. The van der Waals surface area contributed by atoms with Gasteiger partial charge in [-0.15, -0.1) is 0 Å². The molecule has 5 heteroatoms. The lowest BCUT2D eigenvalue weighted by Gasteiger charge is -2.09. The number of aromatic nitrogens is 2. The minimum Gasteiger partial charge on any atom is -0.370 e. The molecule has 1 heterocycles. The van der Waals surface area contributed by atoms with Crippen LogP contribution in [-0.4, -0.2) is 22.4 Å². The van der Waals surface area contributed by atoms with Crippen LogP contribution in [0.5, 0.6) is 0 Å². The molecule has 2 N–H and O–H groups in total. The highest BCUT2D eigenvalue weighted by molar-refractivity contribution is 5.92. The fraction of sp³-hybridized carbons (Fsp3) is 0.389. The van der Waals surface area contributed by atoms with E-state index in [1.165, 1.54) is 19.2 Å². The predicted molar refractivity (Wildman–Crippen MR) is 92.4 cm³/mol. The summed E-state index contributed by atoms with van der Waals surface area (Å²) in [4.78, 5) is 20.4. The van der Waals surface area contributed by atoms with E-state index in [1.807, 2.05) is 31.2 Å². The Labute approximate surface area is 137 Å². The standard InChI is InChI=1S/C18H24N4O/c1-3-4-7-10-19-17-11-16(21-13-22-17)18(23)20-12-15-9-6-5-8-14(15)2/h5-6,8-9,11,13H,3-4,7,10,12H2,1-2H3,(H,20,23)(H,19,21,22). The van der Waals surface area contributed by atoms with Crippen molar-refractivity contribution < 1.29 is 4.79 Å². The van der Waals surface area contributed by atoms with Crippen molar-refractivity contribution in [2.45, 2.75) is 39.7 Å². The minimum atomic E-state index is -0.188. The van der Waals surface area contributed by atoms with Crippen molar-refractivity contribution in [1.82, 2.24) is 15.3 Å². The molecule has 0 radical (unpaired) electrons. The molecule has 2 aromatic rings. The number of carbonyl (C=O) groups is 1. The summed E-state index contributed by atoms with van der Waals surface area (Å²) in [5, 5.41) is 6.13. The summed E-state index contributed by atoms with van der Waals surface area (Å²) >= 11 is 0. The maximum Gasteiger partial charge on any atom is 0.270 e. The van der Waals surface area contributed by atoms with Crippen LogP contribution in [0.25, 0.3) is 0 Å². The number of amides is 1. The molecular weight excluding hydrogens is 288 g/mol. The Hall–Kier alpha value is -2.43. The molecule has 23 heavy (non-hydrogen) atoms. The van der Waals surface area contributed by atoms with Crippen LogP contribution < -0.4 is 10.6 Å². The number of rotatable bonds is 8. The Morgan fingerprint density at radius 1 is 1.17 bits per heavy atom. The smallest absolute Gasteiger partial charge is 0.270 e. The highest BCUT2D eigenvalue weighted by Crippen LogP contribution is 2.08. The minimum absolute atomic E-state index is 0.188. The van der Waals surface area contributed by atoms with Crippen LogP contribution in [0, 0.1) is 6.92 Å². The molecule has 0 unspecified atom stereocenters. The van der Waals surface area contributed by atoms with Crippen LogP contribution >= 0.6 is 0 Å². The molecule has 1 amide bonds. The molecule has 0 bridgehead atoms. The number of nitrogens with zero attached hydrogens (tertiary/aromatic N) is 2. The average molecular weight is 312 g/mol. The molecule has 0 atom stereocenters. The van der Waals surface area contributed by atoms with Crippen molar-refractivity contribution in [2.75, 3.05) is 11.9 Å². The normalized spacial score (nSPS) is 10.3. The van der Waals surface area contributed by atoms with Gasteiger partial charge in [0, 0.05) is 19.2 Å². The zero-order valence-electron chi connectivity index (χ0n) is 13.8. The van der Waals surface area contributed by atoms with E-state index in [1.54, 1.807) is 6.07 Å². The van der Waals surface area contributed by atoms with E-state index in [0.717, 1.165) is 24.1 Å². The molecular formula is C18H24N4O. The van der Waals surface area contributed by atoms with Gasteiger partial charge in [-0.05, 0) is 24.5 Å². The van der Waals surface area contributed by atoms with Gasteiger partial charge in [-0.2, -0.15) is 0 Å². The van der Waals surface area contributed by atoms with Crippen LogP contribution in [0.4, 0.5) is 5.82 Å². The van der Waals surface area contributed by atoms with Gasteiger partial charge in [-0.3, -0.25) is 4.79 Å². The van der Waals surface area contributed by atoms with E-state index in [2.05, 4.69) is 27.5 Å². The second-order valence-electron chi connectivity index (χ2n) is 5.53. The quantitative estimate of drug-likeness (QED) is 0.734.